The van der Waals surface area contributed by atoms with E-state index in [9.17, 15) is 32.3 Å². The van der Waals surface area contributed by atoms with Gasteiger partial charge in [0.15, 0.2) is 5.82 Å². The van der Waals surface area contributed by atoms with Crippen molar-refractivity contribution in [2.24, 2.45) is 5.41 Å². The Hall–Kier alpha value is -4.88. The third-order valence-corrected chi connectivity index (χ3v) is 7.87. The molecule has 1 aliphatic rings. The molecular weight excluding hydrogens is 582 g/mol. The van der Waals surface area contributed by atoms with Gasteiger partial charge in [0.1, 0.15) is 17.7 Å². The summed E-state index contributed by atoms with van der Waals surface area (Å²) in [4.78, 5) is 30.1. The number of nitrogens with two attached hydrogens (primary N) is 1. The summed E-state index contributed by atoms with van der Waals surface area (Å²) in [7, 11) is 0. The van der Waals surface area contributed by atoms with Crippen LogP contribution in [0.25, 0.3) is 16.6 Å². The first-order chi connectivity index (χ1) is 20.6. The highest BCUT2D eigenvalue weighted by Gasteiger charge is 2.40. The van der Waals surface area contributed by atoms with E-state index >= 15 is 0 Å². The molecule has 1 fully saturated rings. The second-order valence-corrected chi connectivity index (χ2v) is 11.8. The lowest BCUT2D eigenvalue weighted by molar-refractivity contribution is -0.137. The number of hydrogen-bond donors (Lipinski definition) is 4. The Kier molecular flexibility index (Phi) is 7.87. The molecule has 4 aromatic rings. The van der Waals surface area contributed by atoms with Gasteiger partial charge in [0.25, 0.3) is 0 Å². The molecule has 2 aromatic heterocycles. The first-order valence-corrected chi connectivity index (χ1v) is 13.8. The molecule has 232 valence electrons. The molecule has 2 unspecified atom stereocenters. The Morgan fingerprint density at radius 2 is 1.75 bits per heavy atom. The topological polar surface area (TPSA) is 138 Å². The van der Waals surface area contributed by atoms with E-state index in [2.05, 4.69) is 20.7 Å². The van der Waals surface area contributed by atoms with Crippen molar-refractivity contribution < 1.29 is 32.3 Å². The molecule has 2 atom stereocenters. The summed E-state index contributed by atoms with van der Waals surface area (Å²) in [6.07, 6.45) is -3.09. The van der Waals surface area contributed by atoms with Gasteiger partial charge in [-0.25, -0.2) is 23.5 Å². The number of alkyl halides is 3. The molecule has 2 aromatic carbocycles. The van der Waals surface area contributed by atoms with Crippen molar-refractivity contribution in [2.75, 3.05) is 22.9 Å². The van der Waals surface area contributed by atoms with Crippen LogP contribution in [0, 0.1) is 11.2 Å². The van der Waals surface area contributed by atoms with Crippen LogP contribution in [0.15, 0.2) is 54.9 Å². The summed E-state index contributed by atoms with van der Waals surface area (Å²) < 4.78 is 54.8. The number of nitrogen functional groups attached to an aromatic ring is 1. The highest BCUT2D eigenvalue weighted by Crippen LogP contribution is 2.42. The van der Waals surface area contributed by atoms with E-state index in [0.29, 0.717) is 48.8 Å². The standard InChI is InChI=1S/C30H31F4N7O3/c1-29(2,3)24-12-17(10-11-40(24)28(43)44)23-14-20(25-26(35)36-15-37-41(23)25)16-4-7-19(8-5-16)38-27(42)39-22-13-18(30(32,33)34)6-9-21(22)31/h4-9,13-15,17,24H,10-12H2,1-3H3,(H,43,44)(H2,35,36,37)(H2,38,39,42). The summed E-state index contributed by atoms with van der Waals surface area (Å²) in [6.45, 7) is 6.43. The lowest BCUT2D eigenvalue weighted by Crippen LogP contribution is -2.51. The van der Waals surface area contributed by atoms with E-state index in [1.807, 2.05) is 26.8 Å². The minimum atomic E-state index is -4.70. The van der Waals surface area contributed by atoms with Crippen molar-refractivity contribution in [3.8, 4) is 11.1 Å². The number of urea groups is 1. The zero-order valence-corrected chi connectivity index (χ0v) is 24.1. The molecule has 0 spiro atoms. The van der Waals surface area contributed by atoms with E-state index in [1.54, 1.807) is 28.8 Å². The molecule has 3 amide bonds. The predicted molar refractivity (Wildman–Crippen MR) is 157 cm³/mol. The first kappa shape index (κ1) is 30.6. The second-order valence-electron chi connectivity index (χ2n) is 11.8. The molecule has 14 heteroatoms. The van der Waals surface area contributed by atoms with Crippen LogP contribution in [-0.4, -0.2) is 49.3 Å². The van der Waals surface area contributed by atoms with E-state index in [1.165, 1.54) is 11.2 Å². The maximum atomic E-state index is 14.1. The van der Waals surface area contributed by atoms with Crippen molar-refractivity contribution >= 4 is 34.8 Å². The van der Waals surface area contributed by atoms with Gasteiger partial charge >= 0.3 is 18.3 Å². The third-order valence-electron chi connectivity index (χ3n) is 7.87. The normalized spacial score (nSPS) is 17.5. The van der Waals surface area contributed by atoms with E-state index in [0.717, 1.165) is 16.8 Å². The minimum Gasteiger partial charge on any atom is -0.465 e. The summed E-state index contributed by atoms with van der Waals surface area (Å²) in [6, 6.07) is 9.18. The van der Waals surface area contributed by atoms with Crippen LogP contribution in [0.5, 0.6) is 0 Å². The largest absolute Gasteiger partial charge is 0.465 e. The van der Waals surface area contributed by atoms with Gasteiger partial charge in [0.2, 0.25) is 0 Å². The molecule has 0 saturated carbocycles. The average molecular weight is 614 g/mol. The Morgan fingerprint density at radius 1 is 1.05 bits per heavy atom. The van der Waals surface area contributed by atoms with Crippen molar-refractivity contribution in [3.63, 3.8) is 0 Å². The van der Waals surface area contributed by atoms with Gasteiger partial charge in [0.05, 0.1) is 11.3 Å². The molecule has 0 radical (unpaired) electrons. The highest BCUT2D eigenvalue weighted by molar-refractivity contribution is 6.00. The van der Waals surface area contributed by atoms with E-state index in [-0.39, 0.29) is 23.2 Å². The number of hydrogen-bond acceptors (Lipinski definition) is 5. The number of amides is 3. The summed E-state index contributed by atoms with van der Waals surface area (Å²) in [5.41, 5.74) is 7.50. The van der Waals surface area contributed by atoms with Crippen LogP contribution in [0.4, 0.5) is 44.3 Å². The van der Waals surface area contributed by atoms with Gasteiger partial charge in [-0.1, -0.05) is 32.9 Å². The fourth-order valence-electron chi connectivity index (χ4n) is 5.70. The van der Waals surface area contributed by atoms with Crippen molar-refractivity contribution in [1.82, 2.24) is 19.5 Å². The van der Waals surface area contributed by atoms with Crippen LogP contribution in [0.1, 0.15) is 50.8 Å². The number of aromatic nitrogens is 3. The SMILES string of the molecule is CC(C)(C)C1CC(c2cc(-c3ccc(NC(=O)Nc4cc(C(F)(F)F)ccc4F)cc3)c3c(N)ncnn23)CCN1C(=O)O. The minimum absolute atomic E-state index is 0.00810. The molecule has 10 nitrogen and oxygen atoms in total. The van der Waals surface area contributed by atoms with Crippen LogP contribution < -0.4 is 16.4 Å². The number of carbonyl (C=O) groups is 2. The van der Waals surface area contributed by atoms with Gasteiger partial charge in [-0.2, -0.15) is 18.3 Å². The summed E-state index contributed by atoms with van der Waals surface area (Å²) in [5.74, 6) is -0.769. The molecule has 0 bridgehead atoms. The Labute approximate surface area is 249 Å². The second kappa shape index (κ2) is 11.3. The van der Waals surface area contributed by atoms with Crippen LogP contribution >= 0.6 is 0 Å². The number of carboxylic acid groups (broad SMARTS) is 1. The van der Waals surface area contributed by atoms with E-state index in [4.69, 9.17) is 5.73 Å². The Morgan fingerprint density at radius 3 is 2.39 bits per heavy atom. The molecule has 3 heterocycles. The summed E-state index contributed by atoms with van der Waals surface area (Å²) in [5, 5.41) is 18.8. The van der Waals surface area contributed by atoms with Gasteiger partial charge in [-0.15, -0.1) is 0 Å². The lowest BCUT2D eigenvalue weighted by Gasteiger charge is -2.44. The molecule has 5 rings (SSSR count). The van der Waals surface area contributed by atoms with Gasteiger partial charge < -0.3 is 26.4 Å². The number of benzene rings is 2. The van der Waals surface area contributed by atoms with Crippen LogP contribution in [-0.2, 0) is 6.18 Å². The highest BCUT2D eigenvalue weighted by atomic mass is 19.4. The third kappa shape index (κ3) is 6.10. The number of nitrogens with one attached hydrogen (secondary N) is 2. The van der Waals surface area contributed by atoms with Crippen molar-refractivity contribution in [2.45, 2.75) is 51.7 Å². The van der Waals surface area contributed by atoms with Gasteiger partial charge in [0, 0.05) is 35.4 Å². The molecule has 0 aliphatic carbocycles. The summed E-state index contributed by atoms with van der Waals surface area (Å²) >= 11 is 0. The molecule has 1 saturated heterocycles. The number of rotatable bonds is 4. The molecule has 5 N–H and O–H groups in total. The zero-order valence-electron chi connectivity index (χ0n) is 24.1. The lowest BCUT2D eigenvalue weighted by atomic mass is 9.76. The fourth-order valence-corrected chi connectivity index (χ4v) is 5.70. The number of anilines is 3. The maximum absolute atomic E-state index is 14.1. The fraction of sp³-hybridized carbons (Fsp3) is 0.333. The van der Waals surface area contributed by atoms with Crippen molar-refractivity contribution in [1.29, 1.82) is 0 Å². The number of fused-ring (bicyclic) bond motifs is 1. The first-order valence-electron chi connectivity index (χ1n) is 13.8. The number of nitrogens with zero attached hydrogens (tertiary/aromatic N) is 4. The number of carbonyl (C=O) groups excluding carboxylic acids is 1. The van der Waals surface area contributed by atoms with Crippen molar-refractivity contribution in [3.05, 3.63) is 71.9 Å². The molecule has 44 heavy (non-hydrogen) atoms. The Balaban J connectivity index is 1.39. The van der Waals surface area contributed by atoms with Crippen LogP contribution in [0.2, 0.25) is 0 Å². The number of piperidine rings is 1. The van der Waals surface area contributed by atoms with E-state index < -0.39 is 35.4 Å². The predicted octanol–water partition coefficient (Wildman–Crippen LogP) is 7.05. The number of likely N-dealkylation sites (tertiary alicyclic amines) is 1. The monoisotopic (exact) mass is 613 g/mol. The zero-order chi connectivity index (χ0) is 32.0. The molecule has 1 aliphatic heterocycles. The van der Waals surface area contributed by atoms with Gasteiger partial charge in [-0.3, -0.25) is 0 Å². The quantitative estimate of drug-likeness (QED) is 0.182. The smallest absolute Gasteiger partial charge is 0.416 e. The average Bonchev–Trinajstić information content (AvgIpc) is 3.34. The molecular formula is C30H31F4N7O3. The Bertz CT molecular complexity index is 1710. The number of halogens is 4. The maximum Gasteiger partial charge on any atom is 0.416 e. The van der Waals surface area contributed by atoms with Gasteiger partial charge in [-0.05, 0) is 60.2 Å². The van der Waals surface area contributed by atoms with Crippen LogP contribution in [0.3, 0.4) is 0 Å².